The number of H-pyrrole nitrogens is 1. The summed E-state index contributed by atoms with van der Waals surface area (Å²) >= 11 is 0. The lowest BCUT2D eigenvalue weighted by molar-refractivity contribution is 0.0697. The molecule has 0 atom stereocenters. The maximum absolute atomic E-state index is 10.9. The van der Waals surface area contributed by atoms with Crippen LogP contribution in [0.3, 0.4) is 0 Å². The number of para-hydroxylation sites is 1. The third-order valence-electron chi connectivity index (χ3n) is 3.06. The highest BCUT2D eigenvalue weighted by molar-refractivity contribution is 5.93. The van der Waals surface area contributed by atoms with Gasteiger partial charge in [-0.1, -0.05) is 24.3 Å². The Morgan fingerprint density at radius 1 is 1.10 bits per heavy atom. The van der Waals surface area contributed by atoms with E-state index in [1.54, 1.807) is 18.2 Å². The number of benzene rings is 2. The van der Waals surface area contributed by atoms with Gasteiger partial charge >= 0.3 is 5.97 Å². The van der Waals surface area contributed by atoms with E-state index < -0.39 is 5.97 Å². The number of fused-ring (bicyclic) bond motifs is 1. The first-order chi connectivity index (χ1) is 9.72. The summed E-state index contributed by atoms with van der Waals surface area (Å²) in [6.45, 7) is 0.418. The topological polar surface area (TPSA) is 62.3 Å². The minimum Gasteiger partial charge on any atom is -0.487 e. The second kappa shape index (κ2) is 5.09. The number of hydrogen-bond donors (Lipinski definition) is 2. The van der Waals surface area contributed by atoms with Gasteiger partial charge in [-0.05, 0) is 35.7 Å². The Morgan fingerprint density at radius 2 is 1.90 bits per heavy atom. The molecule has 1 aromatic heterocycles. The van der Waals surface area contributed by atoms with E-state index in [0.29, 0.717) is 6.61 Å². The molecular formula is C16H13NO3. The second-order valence-corrected chi connectivity index (χ2v) is 4.50. The quantitative estimate of drug-likeness (QED) is 0.761. The number of ether oxygens (including phenoxy) is 1. The number of carboxylic acids is 1. The summed E-state index contributed by atoms with van der Waals surface area (Å²) in [5, 5.41) is 9.94. The minimum absolute atomic E-state index is 0.273. The van der Waals surface area contributed by atoms with Crippen molar-refractivity contribution in [3.05, 3.63) is 65.9 Å². The number of carbonyl (C=O) groups is 1. The van der Waals surface area contributed by atoms with E-state index in [1.807, 2.05) is 36.4 Å². The van der Waals surface area contributed by atoms with Crippen LogP contribution in [0.25, 0.3) is 10.9 Å². The number of rotatable bonds is 4. The van der Waals surface area contributed by atoms with Crippen molar-refractivity contribution >= 4 is 16.9 Å². The Hall–Kier alpha value is -2.75. The normalized spacial score (nSPS) is 10.6. The highest BCUT2D eigenvalue weighted by Gasteiger charge is 2.06. The van der Waals surface area contributed by atoms with Crippen molar-refractivity contribution in [2.75, 3.05) is 0 Å². The van der Waals surface area contributed by atoms with Crippen LogP contribution in [0.15, 0.2) is 54.6 Å². The fraction of sp³-hybridized carbons (Fsp3) is 0.0625. The number of carboxylic acid groups (broad SMARTS) is 1. The summed E-state index contributed by atoms with van der Waals surface area (Å²) in [6, 6.07) is 16.5. The van der Waals surface area contributed by atoms with Gasteiger partial charge in [-0.3, -0.25) is 0 Å². The Balaban J connectivity index is 1.80. The molecule has 2 N–H and O–H groups in total. The molecule has 3 aromatic rings. The molecule has 3 rings (SSSR count). The average Bonchev–Trinajstić information content (AvgIpc) is 2.88. The lowest BCUT2D eigenvalue weighted by Crippen LogP contribution is -1.95. The Bertz CT molecular complexity index is 747. The molecule has 100 valence electrons. The van der Waals surface area contributed by atoms with Crippen molar-refractivity contribution in [3.63, 3.8) is 0 Å². The zero-order valence-corrected chi connectivity index (χ0v) is 10.7. The molecule has 0 spiro atoms. The van der Waals surface area contributed by atoms with Crippen molar-refractivity contribution in [1.29, 1.82) is 0 Å². The molecule has 0 saturated carbocycles. The molecule has 0 unspecified atom stereocenters. The van der Waals surface area contributed by atoms with E-state index in [9.17, 15) is 4.79 Å². The van der Waals surface area contributed by atoms with Crippen molar-refractivity contribution in [2.24, 2.45) is 0 Å². The minimum atomic E-state index is -0.927. The standard InChI is InChI=1S/C16H13NO3/c18-16(19)12-7-6-11-8-13(17-15(11)9-12)10-20-14-4-2-1-3-5-14/h1-9,17H,10H2,(H,18,19). The highest BCUT2D eigenvalue weighted by Crippen LogP contribution is 2.19. The molecule has 2 aromatic carbocycles. The van der Waals surface area contributed by atoms with Gasteiger partial charge in [0.25, 0.3) is 0 Å². The Morgan fingerprint density at radius 3 is 2.65 bits per heavy atom. The van der Waals surface area contributed by atoms with Crippen LogP contribution in [0.2, 0.25) is 0 Å². The maximum Gasteiger partial charge on any atom is 0.335 e. The van der Waals surface area contributed by atoms with Crippen LogP contribution in [0.1, 0.15) is 16.1 Å². The van der Waals surface area contributed by atoms with Gasteiger partial charge in [-0.25, -0.2) is 4.79 Å². The molecule has 20 heavy (non-hydrogen) atoms. The van der Waals surface area contributed by atoms with E-state index in [0.717, 1.165) is 22.3 Å². The lowest BCUT2D eigenvalue weighted by atomic mass is 10.2. The summed E-state index contributed by atoms with van der Waals surface area (Å²) in [6.07, 6.45) is 0. The number of nitrogens with one attached hydrogen (secondary N) is 1. The molecule has 0 radical (unpaired) electrons. The summed E-state index contributed by atoms with van der Waals surface area (Å²) in [7, 11) is 0. The summed E-state index contributed by atoms with van der Waals surface area (Å²) in [5.74, 6) is -0.124. The molecule has 0 bridgehead atoms. The molecule has 0 aliphatic rings. The van der Waals surface area contributed by atoms with Crippen molar-refractivity contribution in [2.45, 2.75) is 6.61 Å². The zero-order valence-electron chi connectivity index (χ0n) is 10.7. The first-order valence-electron chi connectivity index (χ1n) is 6.25. The molecule has 4 nitrogen and oxygen atoms in total. The van der Waals surface area contributed by atoms with Gasteiger partial charge in [0.2, 0.25) is 0 Å². The van der Waals surface area contributed by atoms with E-state index >= 15 is 0 Å². The second-order valence-electron chi connectivity index (χ2n) is 4.50. The molecule has 0 aliphatic heterocycles. The molecule has 0 fully saturated rings. The molecule has 4 heteroatoms. The Kier molecular flexibility index (Phi) is 3.13. The van der Waals surface area contributed by atoms with Gasteiger partial charge in [0.15, 0.2) is 0 Å². The van der Waals surface area contributed by atoms with Crippen LogP contribution >= 0.6 is 0 Å². The van der Waals surface area contributed by atoms with Crippen LogP contribution in [-0.4, -0.2) is 16.1 Å². The molecule has 1 heterocycles. The van der Waals surface area contributed by atoms with Gasteiger partial charge in [-0.15, -0.1) is 0 Å². The Labute approximate surface area is 115 Å². The van der Waals surface area contributed by atoms with Crippen LogP contribution < -0.4 is 4.74 Å². The van der Waals surface area contributed by atoms with Gasteiger partial charge in [0.1, 0.15) is 12.4 Å². The van der Waals surface area contributed by atoms with E-state index in [4.69, 9.17) is 9.84 Å². The number of aromatic nitrogens is 1. The van der Waals surface area contributed by atoms with Crippen LogP contribution in [0.4, 0.5) is 0 Å². The fourth-order valence-corrected chi connectivity index (χ4v) is 2.08. The van der Waals surface area contributed by atoms with Crippen molar-refractivity contribution in [3.8, 4) is 5.75 Å². The zero-order chi connectivity index (χ0) is 13.9. The fourth-order valence-electron chi connectivity index (χ4n) is 2.08. The maximum atomic E-state index is 10.9. The van der Waals surface area contributed by atoms with Gasteiger partial charge in [0.05, 0.1) is 11.3 Å². The number of aromatic amines is 1. The highest BCUT2D eigenvalue weighted by atomic mass is 16.5. The molecule has 0 saturated heterocycles. The van der Waals surface area contributed by atoms with E-state index in [2.05, 4.69) is 4.98 Å². The third-order valence-corrected chi connectivity index (χ3v) is 3.06. The molecular weight excluding hydrogens is 254 g/mol. The smallest absolute Gasteiger partial charge is 0.335 e. The number of aromatic carboxylic acids is 1. The lowest BCUT2D eigenvalue weighted by Gasteiger charge is -2.03. The third kappa shape index (κ3) is 2.49. The van der Waals surface area contributed by atoms with E-state index in [-0.39, 0.29) is 5.56 Å². The SMILES string of the molecule is O=C(O)c1ccc2cc(COc3ccccc3)[nH]c2c1. The van der Waals surface area contributed by atoms with Gasteiger partial charge < -0.3 is 14.8 Å². The molecule has 0 aliphatic carbocycles. The van der Waals surface area contributed by atoms with Crippen molar-refractivity contribution in [1.82, 2.24) is 4.98 Å². The van der Waals surface area contributed by atoms with Crippen molar-refractivity contribution < 1.29 is 14.6 Å². The predicted molar refractivity (Wildman–Crippen MR) is 76.0 cm³/mol. The van der Waals surface area contributed by atoms with Gasteiger partial charge in [0, 0.05) is 5.52 Å². The number of hydrogen-bond acceptors (Lipinski definition) is 2. The first kappa shape index (κ1) is 12.3. The van der Waals surface area contributed by atoms with E-state index in [1.165, 1.54) is 0 Å². The van der Waals surface area contributed by atoms with Gasteiger partial charge in [-0.2, -0.15) is 0 Å². The first-order valence-corrected chi connectivity index (χ1v) is 6.25. The van der Waals surface area contributed by atoms with Crippen LogP contribution in [0.5, 0.6) is 5.75 Å². The summed E-state index contributed by atoms with van der Waals surface area (Å²) < 4.78 is 5.65. The largest absolute Gasteiger partial charge is 0.487 e. The molecule has 0 amide bonds. The monoisotopic (exact) mass is 267 g/mol. The van der Waals surface area contributed by atoms with Crippen LogP contribution in [-0.2, 0) is 6.61 Å². The summed E-state index contributed by atoms with van der Waals surface area (Å²) in [5.41, 5.74) is 1.98. The van der Waals surface area contributed by atoms with Crippen LogP contribution in [0, 0.1) is 0 Å². The average molecular weight is 267 g/mol. The predicted octanol–water partition coefficient (Wildman–Crippen LogP) is 3.45. The summed E-state index contributed by atoms with van der Waals surface area (Å²) in [4.78, 5) is 14.1.